The van der Waals surface area contributed by atoms with Gasteiger partial charge in [-0.2, -0.15) is 5.26 Å². The van der Waals surface area contributed by atoms with E-state index in [1.54, 1.807) is 0 Å². The number of amides is 1. The van der Waals surface area contributed by atoms with Gasteiger partial charge in [0.15, 0.2) is 0 Å². The molecule has 1 aliphatic rings. The van der Waals surface area contributed by atoms with Gasteiger partial charge in [-0.25, -0.2) is 0 Å². The fourth-order valence-electron chi connectivity index (χ4n) is 1.51. The SMILES string of the molecule is CSC1=C(C#N)C(=O)NC(c2ccccc2)S1. The van der Waals surface area contributed by atoms with Crippen molar-refractivity contribution in [1.29, 1.82) is 5.26 Å². The minimum absolute atomic E-state index is 0.108. The van der Waals surface area contributed by atoms with Crippen LogP contribution in [-0.4, -0.2) is 12.2 Å². The first-order valence-electron chi connectivity index (χ1n) is 4.97. The molecule has 0 aromatic heterocycles. The number of rotatable bonds is 2. The van der Waals surface area contributed by atoms with E-state index in [4.69, 9.17) is 5.26 Å². The topological polar surface area (TPSA) is 52.9 Å². The predicted octanol–water partition coefficient (Wildman–Crippen LogP) is 2.65. The van der Waals surface area contributed by atoms with Gasteiger partial charge in [0.25, 0.3) is 5.91 Å². The lowest BCUT2D eigenvalue weighted by molar-refractivity contribution is -0.117. The molecule has 1 N–H and O–H groups in total. The average molecular weight is 262 g/mol. The van der Waals surface area contributed by atoms with Crippen molar-refractivity contribution in [3.63, 3.8) is 0 Å². The van der Waals surface area contributed by atoms with E-state index in [-0.39, 0.29) is 16.9 Å². The van der Waals surface area contributed by atoms with E-state index in [0.717, 1.165) is 9.80 Å². The summed E-state index contributed by atoms with van der Waals surface area (Å²) in [5.74, 6) is -0.288. The van der Waals surface area contributed by atoms with Crippen molar-refractivity contribution in [2.45, 2.75) is 5.37 Å². The zero-order valence-corrected chi connectivity index (χ0v) is 10.8. The molecule has 3 nitrogen and oxygen atoms in total. The molecule has 1 atom stereocenters. The first-order valence-corrected chi connectivity index (χ1v) is 7.07. The second kappa shape index (κ2) is 5.30. The van der Waals surface area contributed by atoms with Gasteiger partial charge >= 0.3 is 0 Å². The molecule has 1 heterocycles. The fraction of sp³-hybridized carbons (Fsp3) is 0.167. The van der Waals surface area contributed by atoms with Crippen LogP contribution in [0.2, 0.25) is 0 Å². The normalized spacial score (nSPS) is 19.8. The van der Waals surface area contributed by atoms with Crippen LogP contribution in [0.4, 0.5) is 0 Å². The summed E-state index contributed by atoms with van der Waals surface area (Å²) >= 11 is 2.95. The second-order valence-corrected chi connectivity index (χ2v) is 5.55. The highest BCUT2D eigenvalue weighted by atomic mass is 32.2. The highest BCUT2D eigenvalue weighted by molar-refractivity contribution is 8.22. The molecule has 17 heavy (non-hydrogen) atoms. The number of carbonyl (C=O) groups excluding carboxylic acids is 1. The van der Waals surface area contributed by atoms with Gasteiger partial charge in [-0.3, -0.25) is 4.79 Å². The van der Waals surface area contributed by atoms with Gasteiger partial charge in [-0.1, -0.05) is 42.1 Å². The van der Waals surface area contributed by atoms with E-state index in [1.807, 2.05) is 42.7 Å². The van der Waals surface area contributed by atoms with Gasteiger partial charge in [0.2, 0.25) is 0 Å². The van der Waals surface area contributed by atoms with Crippen LogP contribution in [0.15, 0.2) is 40.1 Å². The van der Waals surface area contributed by atoms with Crippen LogP contribution in [0.25, 0.3) is 0 Å². The van der Waals surface area contributed by atoms with Crippen LogP contribution in [-0.2, 0) is 4.79 Å². The quantitative estimate of drug-likeness (QED) is 0.890. The van der Waals surface area contributed by atoms with Gasteiger partial charge in [0.05, 0.1) is 4.24 Å². The molecule has 0 spiro atoms. The predicted molar refractivity (Wildman–Crippen MR) is 71.1 cm³/mol. The van der Waals surface area contributed by atoms with E-state index in [0.29, 0.717) is 0 Å². The van der Waals surface area contributed by atoms with Crippen LogP contribution in [0.3, 0.4) is 0 Å². The number of thioether (sulfide) groups is 2. The summed E-state index contributed by atoms with van der Waals surface area (Å²) in [7, 11) is 0. The van der Waals surface area contributed by atoms with Crippen LogP contribution in [0.1, 0.15) is 10.9 Å². The van der Waals surface area contributed by atoms with Crippen LogP contribution in [0.5, 0.6) is 0 Å². The molecule has 86 valence electrons. The molecular formula is C12H10N2OS2. The number of nitrogens with one attached hydrogen (secondary N) is 1. The summed E-state index contributed by atoms with van der Waals surface area (Å²) < 4.78 is 0.783. The molecule has 1 aromatic carbocycles. The fourth-order valence-corrected chi connectivity index (χ4v) is 3.45. The number of carbonyl (C=O) groups is 1. The summed E-state index contributed by atoms with van der Waals surface area (Å²) in [5.41, 5.74) is 1.25. The molecule has 0 fully saturated rings. The van der Waals surface area contributed by atoms with Crippen LogP contribution >= 0.6 is 23.5 Å². The molecule has 5 heteroatoms. The molecule has 2 rings (SSSR count). The average Bonchev–Trinajstić information content (AvgIpc) is 2.38. The van der Waals surface area contributed by atoms with Crippen molar-refractivity contribution in [2.24, 2.45) is 0 Å². The first-order chi connectivity index (χ1) is 8.26. The molecule has 0 saturated heterocycles. The van der Waals surface area contributed by atoms with E-state index < -0.39 is 0 Å². The van der Waals surface area contributed by atoms with Crippen molar-refractivity contribution in [1.82, 2.24) is 5.32 Å². The van der Waals surface area contributed by atoms with E-state index in [2.05, 4.69) is 5.32 Å². The Morgan fingerprint density at radius 3 is 2.71 bits per heavy atom. The van der Waals surface area contributed by atoms with Gasteiger partial charge in [0.1, 0.15) is 17.0 Å². The molecule has 1 aromatic rings. The molecule has 1 unspecified atom stereocenters. The summed E-state index contributed by atoms with van der Waals surface area (Å²) in [6, 6.07) is 11.7. The van der Waals surface area contributed by atoms with Crippen molar-refractivity contribution >= 4 is 29.4 Å². The Labute approximate surface area is 108 Å². The Morgan fingerprint density at radius 2 is 2.12 bits per heavy atom. The summed E-state index contributed by atoms with van der Waals surface area (Å²) in [4.78, 5) is 11.8. The van der Waals surface area contributed by atoms with E-state index in [9.17, 15) is 4.79 Å². The minimum atomic E-state index is -0.288. The number of benzene rings is 1. The third kappa shape index (κ3) is 2.48. The summed E-state index contributed by atoms with van der Waals surface area (Å²) in [5, 5.41) is 11.6. The lowest BCUT2D eigenvalue weighted by Crippen LogP contribution is -2.31. The Kier molecular flexibility index (Phi) is 3.77. The standard InChI is InChI=1S/C12H10N2OS2/c1-16-12-9(7-13)10(15)14-11(17-12)8-5-3-2-4-6-8/h2-6,11H,1H3,(H,14,15). The molecule has 1 amide bonds. The van der Waals surface area contributed by atoms with Crippen LogP contribution in [0, 0.1) is 11.3 Å². The zero-order valence-electron chi connectivity index (χ0n) is 9.14. The summed E-state index contributed by atoms with van der Waals surface area (Å²) in [6.07, 6.45) is 1.88. The van der Waals surface area contributed by atoms with Gasteiger partial charge in [0, 0.05) is 0 Å². The molecular weight excluding hydrogens is 252 g/mol. The Morgan fingerprint density at radius 1 is 1.41 bits per heavy atom. The molecule has 0 saturated carbocycles. The third-order valence-electron chi connectivity index (χ3n) is 2.32. The lowest BCUT2D eigenvalue weighted by atomic mass is 10.2. The Hall–Kier alpha value is -1.38. The molecule has 0 bridgehead atoms. The minimum Gasteiger partial charge on any atom is -0.335 e. The maximum Gasteiger partial charge on any atom is 0.264 e. The largest absolute Gasteiger partial charge is 0.335 e. The molecule has 0 radical (unpaired) electrons. The van der Waals surface area contributed by atoms with Gasteiger partial charge in [-0.05, 0) is 11.8 Å². The number of nitrogens with zero attached hydrogens (tertiary/aromatic N) is 1. The maximum atomic E-state index is 11.8. The first kappa shape index (κ1) is 12.1. The van der Waals surface area contributed by atoms with Gasteiger partial charge < -0.3 is 5.32 Å². The third-order valence-corrected chi connectivity index (χ3v) is 4.73. The Balaban J connectivity index is 2.31. The van der Waals surface area contributed by atoms with Crippen molar-refractivity contribution in [2.75, 3.05) is 6.26 Å². The smallest absolute Gasteiger partial charge is 0.264 e. The van der Waals surface area contributed by atoms with Crippen LogP contribution < -0.4 is 5.32 Å². The van der Waals surface area contributed by atoms with Crippen molar-refractivity contribution < 1.29 is 4.79 Å². The number of hydrogen-bond donors (Lipinski definition) is 1. The van der Waals surface area contributed by atoms with Gasteiger partial charge in [-0.15, -0.1) is 11.8 Å². The lowest BCUT2D eigenvalue weighted by Gasteiger charge is -2.24. The zero-order chi connectivity index (χ0) is 12.3. The van der Waals surface area contributed by atoms with Crippen molar-refractivity contribution in [3.8, 4) is 6.07 Å². The van der Waals surface area contributed by atoms with E-state index >= 15 is 0 Å². The van der Waals surface area contributed by atoms with E-state index in [1.165, 1.54) is 23.5 Å². The second-order valence-electron chi connectivity index (χ2n) is 3.36. The highest BCUT2D eigenvalue weighted by Gasteiger charge is 2.28. The maximum absolute atomic E-state index is 11.8. The molecule has 1 aliphatic heterocycles. The number of hydrogen-bond acceptors (Lipinski definition) is 4. The number of nitriles is 1. The van der Waals surface area contributed by atoms with Crippen molar-refractivity contribution in [3.05, 3.63) is 45.7 Å². The Bertz CT molecular complexity index is 505. The monoisotopic (exact) mass is 262 g/mol. The summed E-state index contributed by atoms with van der Waals surface area (Å²) in [6.45, 7) is 0. The highest BCUT2D eigenvalue weighted by Crippen LogP contribution is 2.42. The molecule has 0 aliphatic carbocycles.